The number of H-pyrrole nitrogens is 2. The van der Waals surface area contributed by atoms with Crippen molar-refractivity contribution in [2.45, 2.75) is 45.3 Å². The minimum absolute atomic E-state index is 0.0541. The van der Waals surface area contributed by atoms with Crippen molar-refractivity contribution in [3.63, 3.8) is 0 Å². The molecule has 1 aliphatic rings. The zero-order valence-corrected chi connectivity index (χ0v) is 15.0. The first-order chi connectivity index (χ1) is 12.2. The largest absolute Gasteiger partial charge is 0.443 e. The fourth-order valence-electron chi connectivity index (χ4n) is 3.00. The number of carbonyl (C=O) groups is 2. The van der Waals surface area contributed by atoms with Gasteiger partial charge in [0, 0.05) is 12.6 Å². The lowest BCUT2D eigenvalue weighted by molar-refractivity contribution is -0.116. The summed E-state index contributed by atoms with van der Waals surface area (Å²) in [5.74, 6) is -0.346. The van der Waals surface area contributed by atoms with Gasteiger partial charge in [0.05, 0.1) is 11.7 Å². The zero-order valence-electron chi connectivity index (χ0n) is 15.0. The number of ether oxygens (including phenoxy) is 1. The summed E-state index contributed by atoms with van der Waals surface area (Å²) in [7, 11) is 0. The summed E-state index contributed by atoms with van der Waals surface area (Å²) in [5, 5.41) is 7.44. The van der Waals surface area contributed by atoms with Gasteiger partial charge in [0.2, 0.25) is 5.91 Å². The smallest absolute Gasteiger partial charge is 0.415 e. The molecule has 138 valence electrons. The minimum Gasteiger partial charge on any atom is -0.443 e. The van der Waals surface area contributed by atoms with Crippen LogP contribution < -0.4 is 15.8 Å². The molecule has 1 aromatic heterocycles. The Hall–Kier alpha value is -3.03. The maximum absolute atomic E-state index is 12.7. The highest BCUT2D eigenvalue weighted by atomic mass is 16.6. The number of para-hydroxylation sites is 1. The lowest BCUT2D eigenvalue weighted by Crippen LogP contribution is -2.43. The molecule has 3 rings (SSSR count). The number of carbonyl (C=O) groups excluding carboxylic acids is 2. The summed E-state index contributed by atoms with van der Waals surface area (Å²) in [4.78, 5) is 38.1. The predicted octanol–water partition coefficient (Wildman–Crippen LogP) is 2.40. The first kappa shape index (κ1) is 17.8. The van der Waals surface area contributed by atoms with E-state index in [-0.39, 0.29) is 24.1 Å². The van der Waals surface area contributed by atoms with Crippen LogP contribution in [0, 0.1) is 0 Å². The second kappa shape index (κ2) is 6.70. The molecule has 0 fully saturated rings. The SMILES string of the molecule is CC(C)(C)OC(=O)N1c2ccccc2C[C@H]1CC(=O)Nc1c[nH][nH]c1=O. The van der Waals surface area contributed by atoms with Crippen molar-refractivity contribution in [1.29, 1.82) is 0 Å². The van der Waals surface area contributed by atoms with Gasteiger partial charge in [0.25, 0.3) is 5.56 Å². The molecule has 8 heteroatoms. The van der Waals surface area contributed by atoms with Gasteiger partial charge in [-0.2, -0.15) is 0 Å². The number of aromatic nitrogens is 2. The number of hydrogen-bond donors (Lipinski definition) is 3. The van der Waals surface area contributed by atoms with Crippen molar-refractivity contribution in [3.8, 4) is 0 Å². The molecule has 2 aromatic rings. The Morgan fingerprint density at radius 3 is 2.69 bits per heavy atom. The molecule has 0 saturated carbocycles. The van der Waals surface area contributed by atoms with E-state index in [1.165, 1.54) is 11.1 Å². The Labute approximate surface area is 150 Å². The van der Waals surface area contributed by atoms with Crippen molar-refractivity contribution in [2.24, 2.45) is 0 Å². The Morgan fingerprint density at radius 2 is 2.04 bits per heavy atom. The molecule has 2 heterocycles. The molecule has 26 heavy (non-hydrogen) atoms. The number of aromatic amines is 2. The summed E-state index contributed by atoms with van der Waals surface area (Å²) in [6.45, 7) is 5.40. The Morgan fingerprint density at radius 1 is 1.31 bits per heavy atom. The number of fused-ring (bicyclic) bond motifs is 1. The van der Waals surface area contributed by atoms with Gasteiger partial charge in [0.1, 0.15) is 11.3 Å². The highest BCUT2D eigenvalue weighted by Gasteiger charge is 2.37. The second-order valence-corrected chi connectivity index (χ2v) is 7.25. The van der Waals surface area contributed by atoms with Gasteiger partial charge in [-0.1, -0.05) is 18.2 Å². The van der Waals surface area contributed by atoms with Crippen LogP contribution in [0.25, 0.3) is 0 Å². The molecular formula is C18H22N4O4. The third kappa shape index (κ3) is 3.79. The number of nitrogens with one attached hydrogen (secondary N) is 3. The third-order valence-electron chi connectivity index (χ3n) is 4.00. The molecule has 0 bridgehead atoms. The summed E-state index contributed by atoms with van der Waals surface area (Å²) >= 11 is 0. The summed E-state index contributed by atoms with van der Waals surface area (Å²) in [6.07, 6.45) is 1.50. The topological polar surface area (TPSA) is 107 Å². The van der Waals surface area contributed by atoms with Gasteiger partial charge in [-0.05, 0) is 38.8 Å². The molecule has 1 aromatic carbocycles. The minimum atomic E-state index is -0.639. The van der Waals surface area contributed by atoms with E-state index in [0.717, 1.165) is 11.3 Å². The summed E-state index contributed by atoms with van der Waals surface area (Å²) in [6, 6.07) is 7.14. The van der Waals surface area contributed by atoms with Crippen molar-refractivity contribution in [1.82, 2.24) is 10.2 Å². The van der Waals surface area contributed by atoms with E-state index in [4.69, 9.17) is 4.74 Å². The highest BCUT2D eigenvalue weighted by molar-refractivity contribution is 5.95. The lowest BCUT2D eigenvalue weighted by Gasteiger charge is -2.29. The normalized spacial score (nSPS) is 16.3. The molecule has 2 amide bonds. The number of benzene rings is 1. The number of rotatable bonds is 3. The van der Waals surface area contributed by atoms with E-state index >= 15 is 0 Å². The maximum Gasteiger partial charge on any atom is 0.415 e. The first-order valence-electron chi connectivity index (χ1n) is 8.40. The van der Waals surface area contributed by atoms with Crippen molar-refractivity contribution >= 4 is 23.4 Å². The van der Waals surface area contributed by atoms with Gasteiger partial charge in [-0.3, -0.25) is 19.6 Å². The van der Waals surface area contributed by atoms with E-state index < -0.39 is 17.3 Å². The van der Waals surface area contributed by atoms with Crippen LogP contribution in [0.15, 0.2) is 35.3 Å². The molecule has 0 saturated heterocycles. The molecule has 8 nitrogen and oxygen atoms in total. The molecule has 3 N–H and O–H groups in total. The standard InChI is InChI=1S/C18H22N4O4/c1-18(2,3)26-17(25)22-12(8-11-6-4-5-7-14(11)22)9-15(23)20-13-10-19-21-16(13)24/h4-7,10,12H,8-9H2,1-3H3,(H,20,23)(H2,19,21,24)/t12-/m0/s1. The first-order valence-corrected chi connectivity index (χ1v) is 8.40. The average molecular weight is 358 g/mol. The van der Waals surface area contributed by atoms with Crippen LogP contribution in [0.2, 0.25) is 0 Å². The van der Waals surface area contributed by atoms with Crippen LogP contribution >= 0.6 is 0 Å². The fourth-order valence-corrected chi connectivity index (χ4v) is 3.00. The van der Waals surface area contributed by atoms with Crippen molar-refractivity contribution < 1.29 is 14.3 Å². The molecule has 1 atom stereocenters. The summed E-state index contributed by atoms with van der Waals surface area (Å²) in [5.41, 5.74) is 0.834. The molecular weight excluding hydrogens is 336 g/mol. The third-order valence-corrected chi connectivity index (χ3v) is 4.00. The number of hydrogen-bond acceptors (Lipinski definition) is 4. The number of anilines is 2. The van der Waals surface area contributed by atoms with Crippen LogP contribution in [0.1, 0.15) is 32.8 Å². The van der Waals surface area contributed by atoms with E-state index in [1.54, 1.807) is 20.8 Å². The molecule has 0 spiro atoms. The summed E-state index contributed by atoms with van der Waals surface area (Å²) < 4.78 is 5.51. The van der Waals surface area contributed by atoms with Crippen LogP contribution in [0.4, 0.5) is 16.2 Å². The van der Waals surface area contributed by atoms with E-state index in [9.17, 15) is 14.4 Å². The van der Waals surface area contributed by atoms with Crippen molar-refractivity contribution in [3.05, 3.63) is 46.4 Å². The fraction of sp³-hybridized carbons (Fsp3) is 0.389. The van der Waals surface area contributed by atoms with Gasteiger partial charge in [-0.15, -0.1) is 0 Å². The molecule has 0 unspecified atom stereocenters. The Kier molecular flexibility index (Phi) is 4.58. The number of amides is 2. The van der Waals surface area contributed by atoms with Gasteiger partial charge in [0.15, 0.2) is 0 Å². The second-order valence-electron chi connectivity index (χ2n) is 7.25. The van der Waals surface area contributed by atoms with E-state index in [1.807, 2.05) is 24.3 Å². The van der Waals surface area contributed by atoms with Crippen LogP contribution in [-0.2, 0) is 16.0 Å². The average Bonchev–Trinajstić information content (AvgIpc) is 3.08. The van der Waals surface area contributed by atoms with Crippen LogP contribution in [0.5, 0.6) is 0 Å². The zero-order chi connectivity index (χ0) is 18.9. The van der Waals surface area contributed by atoms with Gasteiger partial charge in [-0.25, -0.2) is 4.79 Å². The van der Waals surface area contributed by atoms with Gasteiger partial charge >= 0.3 is 6.09 Å². The van der Waals surface area contributed by atoms with E-state index in [0.29, 0.717) is 6.42 Å². The molecule has 1 aliphatic heterocycles. The van der Waals surface area contributed by atoms with Gasteiger partial charge < -0.3 is 15.2 Å². The molecule has 0 aliphatic carbocycles. The predicted molar refractivity (Wildman–Crippen MR) is 97.3 cm³/mol. The number of nitrogens with zero attached hydrogens (tertiary/aromatic N) is 1. The Bertz CT molecular complexity index is 878. The monoisotopic (exact) mass is 358 g/mol. The van der Waals surface area contributed by atoms with Crippen LogP contribution in [-0.4, -0.2) is 33.8 Å². The Balaban J connectivity index is 1.79. The lowest BCUT2D eigenvalue weighted by atomic mass is 10.1. The maximum atomic E-state index is 12.7. The molecule has 0 radical (unpaired) electrons. The quantitative estimate of drug-likeness (QED) is 0.783. The van der Waals surface area contributed by atoms with E-state index in [2.05, 4.69) is 15.5 Å². The van der Waals surface area contributed by atoms with Crippen LogP contribution in [0.3, 0.4) is 0 Å². The van der Waals surface area contributed by atoms with Crippen molar-refractivity contribution in [2.75, 3.05) is 10.2 Å². The highest BCUT2D eigenvalue weighted by Crippen LogP contribution is 2.34.